The first-order valence-electron chi connectivity index (χ1n) is 10.5. The number of nitrogens with zero attached hydrogens (tertiary/aromatic N) is 1. The standard InChI is InChI=1S/C24H20N4O5/c1-12-3-2-4-14-17(11-25-20(12)14)21(30)26-10-13-5-6-15-16(9-13)24(33)28(23(15)32)18-7-8-19(29)27-22(18)31/h2-6,9,11,18,25H,7-8,10H2,1H3,(H,26,30)(H,27,29,31). The molecule has 166 valence electrons. The SMILES string of the molecule is Cc1cccc2c(C(=O)NCc3ccc4c(c3)C(=O)N(C3CCC(=O)NC3=O)C4=O)c[nH]c12. The van der Waals surface area contributed by atoms with Gasteiger partial charge in [-0.15, -0.1) is 0 Å². The van der Waals surface area contributed by atoms with Gasteiger partial charge in [-0.25, -0.2) is 0 Å². The van der Waals surface area contributed by atoms with Crippen LogP contribution in [0.15, 0.2) is 42.6 Å². The molecule has 2 aliphatic heterocycles. The number of para-hydroxylation sites is 1. The molecule has 33 heavy (non-hydrogen) atoms. The molecule has 1 saturated heterocycles. The van der Waals surface area contributed by atoms with Crippen molar-refractivity contribution in [2.75, 3.05) is 0 Å². The molecule has 9 nitrogen and oxygen atoms in total. The lowest BCUT2D eigenvalue weighted by Gasteiger charge is -2.27. The molecule has 2 aromatic carbocycles. The van der Waals surface area contributed by atoms with E-state index in [0.29, 0.717) is 11.1 Å². The predicted octanol–water partition coefficient (Wildman–Crippen LogP) is 1.81. The Kier molecular flexibility index (Phi) is 4.81. The second-order valence-corrected chi connectivity index (χ2v) is 8.21. The van der Waals surface area contributed by atoms with Crippen molar-refractivity contribution in [1.29, 1.82) is 0 Å². The zero-order valence-electron chi connectivity index (χ0n) is 17.7. The van der Waals surface area contributed by atoms with Crippen LogP contribution in [0.5, 0.6) is 0 Å². The van der Waals surface area contributed by atoms with Crippen molar-refractivity contribution in [3.63, 3.8) is 0 Å². The number of rotatable bonds is 4. The first-order valence-corrected chi connectivity index (χ1v) is 10.5. The first kappa shape index (κ1) is 20.6. The van der Waals surface area contributed by atoms with Crippen molar-refractivity contribution < 1.29 is 24.0 Å². The summed E-state index contributed by atoms with van der Waals surface area (Å²) >= 11 is 0. The van der Waals surface area contributed by atoms with Crippen LogP contribution in [0.3, 0.4) is 0 Å². The zero-order valence-corrected chi connectivity index (χ0v) is 17.7. The number of carbonyl (C=O) groups is 5. The number of imide groups is 2. The molecule has 0 spiro atoms. The highest BCUT2D eigenvalue weighted by Crippen LogP contribution is 2.28. The van der Waals surface area contributed by atoms with Gasteiger partial charge in [0.25, 0.3) is 17.7 Å². The summed E-state index contributed by atoms with van der Waals surface area (Å²) in [6.07, 6.45) is 1.83. The maximum absolute atomic E-state index is 12.9. The second-order valence-electron chi connectivity index (χ2n) is 8.21. The van der Waals surface area contributed by atoms with Gasteiger partial charge in [0.05, 0.1) is 16.7 Å². The van der Waals surface area contributed by atoms with Crippen molar-refractivity contribution in [3.8, 4) is 0 Å². The third kappa shape index (κ3) is 3.38. The molecule has 1 atom stereocenters. The fourth-order valence-electron chi connectivity index (χ4n) is 4.40. The molecule has 0 radical (unpaired) electrons. The van der Waals surface area contributed by atoms with Crippen LogP contribution in [-0.4, -0.2) is 45.5 Å². The highest BCUT2D eigenvalue weighted by molar-refractivity contribution is 6.23. The van der Waals surface area contributed by atoms with E-state index >= 15 is 0 Å². The van der Waals surface area contributed by atoms with Gasteiger partial charge in [-0.3, -0.25) is 34.2 Å². The lowest BCUT2D eigenvalue weighted by molar-refractivity contribution is -0.136. The Morgan fingerprint density at radius 2 is 1.88 bits per heavy atom. The van der Waals surface area contributed by atoms with E-state index in [4.69, 9.17) is 0 Å². The van der Waals surface area contributed by atoms with E-state index in [1.54, 1.807) is 18.3 Å². The number of fused-ring (bicyclic) bond motifs is 2. The average Bonchev–Trinajstić information content (AvgIpc) is 3.33. The molecule has 0 aliphatic carbocycles. The number of aryl methyl sites for hydroxylation is 1. The Balaban J connectivity index is 1.33. The monoisotopic (exact) mass is 444 g/mol. The molecule has 2 aliphatic rings. The van der Waals surface area contributed by atoms with Crippen molar-refractivity contribution in [2.45, 2.75) is 32.4 Å². The zero-order chi connectivity index (χ0) is 23.3. The average molecular weight is 444 g/mol. The van der Waals surface area contributed by atoms with E-state index < -0.39 is 29.7 Å². The number of amides is 5. The molecule has 3 N–H and O–H groups in total. The fourth-order valence-corrected chi connectivity index (χ4v) is 4.40. The molecule has 9 heteroatoms. The number of benzene rings is 2. The van der Waals surface area contributed by atoms with E-state index in [1.807, 2.05) is 25.1 Å². The molecule has 3 aromatic rings. The van der Waals surface area contributed by atoms with Gasteiger partial charge < -0.3 is 10.3 Å². The molecule has 3 heterocycles. The highest BCUT2D eigenvalue weighted by atomic mass is 16.2. The summed E-state index contributed by atoms with van der Waals surface area (Å²) in [4.78, 5) is 66.1. The summed E-state index contributed by atoms with van der Waals surface area (Å²) in [6.45, 7) is 2.12. The number of aromatic nitrogens is 1. The topological polar surface area (TPSA) is 128 Å². The van der Waals surface area contributed by atoms with Gasteiger partial charge in [-0.1, -0.05) is 24.3 Å². The Morgan fingerprint density at radius 3 is 2.67 bits per heavy atom. The van der Waals surface area contributed by atoms with Crippen LogP contribution in [0.4, 0.5) is 0 Å². The van der Waals surface area contributed by atoms with E-state index in [-0.39, 0.29) is 36.4 Å². The Morgan fingerprint density at radius 1 is 1.09 bits per heavy atom. The third-order valence-electron chi connectivity index (χ3n) is 6.13. The molecule has 0 bridgehead atoms. The van der Waals surface area contributed by atoms with Crippen molar-refractivity contribution >= 4 is 40.4 Å². The number of carbonyl (C=O) groups excluding carboxylic acids is 5. The summed E-state index contributed by atoms with van der Waals surface area (Å²) < 4.78 is 0. The molecular formula is C24H20N4O5. The van der Waals surface area contributed by atoms with E-state index in [2.05, 4.69) is 15.6 Å². The molecule has 5 rings (SSSR count). The number of hydrogen-bond donors (Lipinski definition) is 3. The van der Waals surface area contributed by atoms with Crippen molar-refractivity contribution in [3.05, 3.63) is 70.4 Å². The van der Waals surface area contributed by atoms with Crippen LogP contribution in [-0.2, 0) is 16.1 Å². The van der Waals surface area contributed by atoms with Gasteiger partial charge in [0, 0.05) is 30.1 Å². The molecule has 5 amide bonds. The van der Waals surface area contributed by atoms with Crippen LogP contribution >= 0.6 is 0 Å². The lowest BCUT2D eigenvalue weighted by Crippen LogP contribution is -2.54. The van der Waals surface area contributed by atoms with Gasteiger partial charge in [0.2, 0.25) is 11.8 Å². The molecule has 1 aromatic heterocycles. The van der Waals surface area contributed by atoms with Gasteiger partial charge in [-0.2, -0.15) is 0 Å². The Bertz CT molecular complexity index is 1370. The second kappa shape index (κ2) is 7.70. The minimum Gasteiger partial charge on any atom is -0.360 e. The fraction of sp³-hybridized carbons (Fsp3) is 0.208. The molecule has 0 saturated carbocycles. The lowest BCUT2D eigenvalue weighted by atomic mass is 10.0. The third-order valence-corrected chi connectivity index (χ3v) is 6.13. The minimum atomic E-state index is -1.01. The van der Waals surface area contributed by atoms with Crippen molar-refractivity contribution in [1.82, 2.24) is 20.5 Å². The van der Waals surface area contributed by atoms with E-state index in [9.17, 15) is 24.0 Å². The van der Waals surface area contributed by atoms with E-state index in [0.717, 1.165) is 21.4 Å². The summed E-state index contributed by atoms with van der Waals surface area (Å²) in [5.41, 5.74) is 3.48. The number of aromatic amines is 1. The highest BCUT2D eigenvalue weighted by Gasteiger charge is 2.44. The van der Waals surface area contributed by atoms with Crippen LogP contribution in [0, 0.1) is 6.92 Å². The van der Waals surface area contributed by atoms with Crippen LogP contribution in [0.25, 0.3) is 10.9 Å². The molecular weight excluding hydrogens is 424 g/mol. The van der Waals surface area contributed by atoms with Gasteiger partial charge >= 0.3 is 0 Å². The van der Waals surface area contributed by atoms with Gasteiger partial charge in [-0.05, 0) is 36.6 Å². The molecule has 1 fully saturated rings. The summed E-state index contributed by atoms with van der Waals surface area (Å²) in [6, 6.07) is 9.46. The summed E-state index contributed by atoms with van der Waals surface area (Å²) in [5.74, 6) is -2.47. The first-order chi connectivity index (χ1) is 15.8. The molecule has 1 unspecified atom stereocenters. The van der Waals surface area contributed by atoms with Crippen LogP contribution in [0.1, 0.15) is 55.0 Å². The van der Waals surface area contributed by atoms with Gasteiger partial charge in [0.1, 0.15) is 6.04 Å². The predicted molar refractivity (Wildman–Crippen MR) is 117 cm³/mol. The normalized spacial score (nSPS) is 18.0. The maximum Gasteiger partial charge on any atom is 0.262 e. The quantitative estimate of drug-likeness (QED) is 0.529. The number of nitrogens with one attached hydrogen (secondary N) is 3. The summed E-state index contributed by atoms with van der Waals surface area (Å²) in [5, 5.41) is 5.84. The van der Waals surface area contributed by atoms with Crippen molar-refractivity contribution in [2.24, 2.45) is 0 Å². The van der Waals surface area contributed by atoms with Crippen LogP contribution < -0.4 is 10.6 Å². The smallest absolute Gasteiger partial charge is 0.262 e. The minimum absolute atomic E-state index is 0.0639. The number of piperidine rings is 1. The van der Waals surface area contributed by atoms with E-state index in [1.165, 1.54) is 6.07 Å². The Labute approximate surface area is 188 Å². The Hall–Kier alpha value is -4.27. The summed E-state index contributed by atoms with van der Waals surface area (Å²) in [7, 11) is 0. The van der Waals surface area contributed by atoms with Gasteiger partial charge in [0.15, 0.2) is 0 Å². The van der Waals surface area contributed by atoms with Crippen LogP contribution in [0.2, 0.25) is 0 Å². The number of H-pyrrole nitrogens is 1. The maximum atomic E-state index is 12.9. The largest absolute Gasteiger partial charge is 0.360 e. The number of hydrogen-bond acceptors (Lipinski definition) is 5.